The topological polar surface area (TPSA) is 101 Å². The van der Waals surface area contributed by atoms with Crippen LogP contribution in [0.2, 0.25) is 0 Å². The zero-order valence-electron chi connectivity index (χ0n) is 13.2. The molecule has 8 heteroatoms. The van der Waals surface area contributed by atoms with Crippen molar-refractivity contribution in [3.8, 4) is 0 Å². The number of hydrogen-bond donors (Lipinski definition) is 2. The van der Waals surface area contributed by atoms with Crippen LogP contribution in [-0.4, -0.2) is 40.8 Å². The first kappa shape index (κ1) is 16.5. The van der Waals surface area contributed by atoms with Crippen LogP contribution in [-0.2, 0) is 11.2 Å². The van der Waals surface area contributed by atoms with Crippen molar-refractivity contribution >= 4 is 28.3 Å². The van der Waals surface area contributed by atoms with Crippen molar-refractivity contribution in [3.05, 3.63) is 35.2 Å². The van der Waals surface area contributed by atoms with Crippen LogP contribution in [0.3, 0.4) is 0 Å². The quantitative estimate of drug-likeness (QED) is 0.856. The number of nitrogens with zero attached hydrogens (tertiary/aromatic N) is 2. The van der Waals surface area contributed by atoms with Crippen molar-refractivity contribution in [1.29, 1.82) is 0 Å². The molecule has 7 nitrogen and oxygen atoms in total. The van der Waals surface area contributed by atoms with E-state index in [0.717, 1.165) is 18.5 Å². The smallest absolute Gasteiger partial charge is 0.289 e. The van der Waals surface area contributed by atoms with E-state index >= 15 is 0 Å². The molecule has 0 saturated carbocycles. The van der Waals surface area contributed by atoms with Gasteiger partial charge in [-0.25, -0.2) is 4.98 Å². The van der Waals surface area contributed by atoms with Crippen LogP contribution in [0.1, 0.15) is 35.5 Å². The normalized spacial score (nSPS) is 17.7. The lowest BCUT2D eigenvalue weighted by Gasteiger charge is -2.32. The molecular formula is C16H20N4O3S. The number of rotatable bonds is 5. The number of thiazole rings is 1. The van der Waals surface area contributed by atoms with Crippen LogP contribution < -0.4 is 11.1 Å². The van der Waals surface area contributed by atoms with Crippen molar-refractivity contribution in [3.63, 3.8) is 0 Å². The number of piperidine rings is 1. The van der Waals surface area contributed by atoms with Gasteiger partial charge in [0.2, 0.25) is 5.91 Å². The van der Waals surface area contributed by atoms with Crippen molar-refractivity contribution < 1.29 is 14.0 Å². The van der Waals surface area contributed by atoms with Gasteiger partial charge >= 0.3 is 0 Å². The third-order valence-electron chi connectivity index (χ3n) is 3.98. The number of nitrogens with one attached hydrogen (secondary N) is 1. The largest absolute Gasteiger partial charge is 0.459 e. The van der Waals surface area contributed by atoms with Gasteiger partial charge in [0.05, 0.1) is 12.0 Å². The second kappa shape index (κ2) is 7.48. The Balaban J connectivity index is 1.48. The SMILES string of the molecule is Nc1nc(CCC(=O)N[C@@H]2CCCN(C(=O)c3ccco3)C2)cs1. The highest BCUT2D eigenvalue weighted by Crippen LogP contribution is 2.15. The molecule has 2 aromatic rings. The van der Waals surface area contributed by atoms with Gasteiger partial charge < -0.3 is 20.4 Å². The summed E-state index contributed by atoms with van der Waals surface area (Å²) in [6.45, 7) is 1.19. The number of nitrogens with two attached hydrogens (primary N) is 1. The molecule has 1 saturated heterocycles. The molecule has 24 heavy (non-hydrogen) atoms. The van der Waals surface area contributed by atoms with Gasteiger partial charge in [-0.15, -0.1) is 11.3 Å². The number of likely N-dealkylation sites (tertiary alicyclic amines) is 1. The molecule has 0 unspecified atom stereocenters. The summed E-state index contributed by atoms with van der Waals surface area (Å²) in [4.78, 5) is 30.3. The Morgan fingerprint density at radius 3 is 3.08 bits per heavy atom. The van der Waals surface area contributed by atoms with E-state index in [1.54, 1.807) is 17.0 Å². The van der Waals surface area contributed by atoms with E-state index in [1.165, 1.54) is 17.6 Å². The highest BCUT2D eigenvalue weighted by Gasteiger charge is 2.26. The summed E-state index contributed by atoms with van der Waals surface area (Å²) in [7, 11) is 0. The molecule has 0 bridgehead atoms. The third-order valence-corrected chi connectivity index (χ3v) is 4.71. The number of furan rings is 1. The van der Waals surface area contributed by atoms with Gasteiger partial charge in [-0.05, 0) is 31.4 Å². The molecule has 128 valence electrons. The minimum absolute atomic E-state index is 0.0225. The highest BCUT2D eigenvalue weighted by molar-refractivity contribution is 7.13. The van der Waals surface area contributed by atoms with Gasteiger partial charge in [-0.1, -0.05) is 0 Å². The molecule has 2 aromatic heterocycles. The molecule has 3 N–H and O–H groups in total. The Morgan fingerprint density at radius 1 is 1.50 bits per heavy atom. The number of nitrogen functional groups attached to an aromatic ring is 1. The van der Waals surface area contributed by atoms with Crippen LogP contribution in [0, 0.1) is 0 Å². The van der Waals surface area contributed by atoms with E-state index in [0.29, 0.717) is 36.8 Å². The first-order valence-corrected chi connectivity index (χ1v) is 8.82. The predicted molar refractivity (Wildman–Crippen MR) is 90.6 cm³/mol. The number of carbonyl (C=O) groups excluding carboxylic acids is 2. The fraction of sp³-hybridized carbons (Fsp3) is 0.438. The fourth-order valence-corrected chi connectivity index (χ4v) is 3.41. The van der Waals surface area contributed by atoms with E-state index in [-0.39, 0.29) is 17.9 Å². The summed E-state index contributed by atoms with van der Waals surface area (Å²) < 4.78 is 5.16. The van der Waals surface area contributed by atoms with Gasteiger partial charge in [0, 0.05) is 30.9 Å². The zero-order valence-corrected chi connectivity index (χ0v) is 14.1. The average Bonchev–Trinajstić information content (AvgIpc) is 3.24. The molecule has 2 amide bonds. The lowest BCUT2D eigenvalue weighted by molar-refractivity contribution is -0.122. The first-order chi connectivity index (χ1) is 11.6. The molecule has 3 rings (SSSR count). The molecular weight excluding hydrogens is 328 g/mol. The van der Waals surface area contributed by atoms with Gasteiger partial charge in [-0.2, -0.15) is 0 Å². The Kier molecular flexibility index (Phi) is 5.14. The zero-order chi connectivity index (χ0) is 16.9. The molecule has 0 aliphatic carbocycles. The van der Waals surface area contributed by atoms with Crippen molar-refractivity contribution in [2.45, 2.75) is 31.7 Å². The molecule has 1 atom stereocenters. The molecule has 0 spiro atoms. The maximum absolute atomic E-state index is 12.3. The Bertz CT molecular complexity index is 698. The molecule has 1 aliphatic rings. The minimum Gasteiger partial charge on any atom is -0.459 e. The standard InChI is InChI=1S/C16H20N4O3S/c17-16-19-12(10-24-16)5-6-14(21)18-11-3-1-7-20(9-11)15(22)13-4-2-8-23-13/h2,4,8,10-11H,1,3,5-7,9H2,(H2,17,19)(H,18,21)/t11-/m1/s1. The summed E-state index contributed by atoms with van der Waals surface area (Å²) in [6, 6.07) is 3.33. The van der Waals surface area contributed by atoms with E-state index in [9.17, 15) is 9.59 Å². The first-order valence-electron chi connectivity index (χ1n) is 7.94. The number of aromatic nitrogens is 1. The molecule has 0 radical (unpaired) electrons. The van der Waals surface area contributed by atoms with Gasteiger partial charge in [0.1, 0.15) is 0 Å². The summed E-state index contributed by atoms with van der Waals surface area (Å²) in [5, 5.41) is 5.39. The van der Waals surface area contributed by atoms with E-state index in [2.05, 4.69) is 10.3 Å². The number of aryl methyl sites for hydroxylation is 1. The van der Waals surface area contributed by atoms with Crippen LogP contribution in [0.4, 0.5) is 5.13 Å². The maximum Gasteiger partial charge on any atom is 0.289 e. The molecule has 1 fully saturated rings. The van der Waals surface area contributed by atoms with Crippen LogP contribution in [0.15, 0.2) is 28.2 Å². The van der Waals surface area contributed by atoms with Gasteiger partial charge in [-0.3, -0.25) is 9.59 Å². The lowest BCUT2D eigenvalue weighted by atomic mass is 10.0. The summed E-state index contributed by atoms with van der Waals surface area (Å²) in [5.41, 5.74) is 6.42. The second-order valence-electron chi connectivity index (χ2n) is 5.81. The van der Waals surface area contributed by atoms with Crippen molar-refractivity contribution in [2.24, 2.45) is 0 Å². The fourth-order valence-electron chi connectivity index (χ4n) is 2.81. The summed E-state index contributed by atoms with van der Waals surface area (Å²) in [5.74, 6) is 0.180. The Morgan fingerprint density at radius 2 is 2.38 bits per heavy atom. The summed E-state index contributed by atoms with van der Waals surface area (Å²) >= 11 is 1.38. The Labute approximate surface area is 143 Å². The van der Waals surface area contributed by atoms with Crippen LogP contribution in [0.25, 0.3) is 0 Å². The maximum atomic E-state index is 12.3. The van der Waals surface area contributed by atoms with Gasteiger partial charge in [0.25, 0.3) is 5.91 Å². The van der Waals surface area contributed by atoms with Crippen LogP contribution in [0.5, 0.6) is 0 Å². The van der Waals surface area contributed by atoms with Crippen molar-refractivity contribution in [1.82, 2.24) is 15.2 Å². The lowest BCUT2D eigenvalue weighted by Crippen LogP contribution is -2.49. The monoisotopic (exact) mass is 348 g/mol. The van der Waals surface area contributed by atoms with E-state index in [1.807, 2.05) is 5.38 Å². The van der Waals surface area contributed by atoms with E-state index < -0.39 is 0 Å². The Hall–Kier alpha value is -2.35. The highest BCUT2D eigenvalue weighted by atomic mass is 32.1. The molecule has 1 aliphatic heterocycles. The number of hydrogen-bond acceptors (Lipinski definition) is 6. The molecule has 3 heterocycles. The second-order valence-corrected chi connectivity index (χ2v) is 6.70. The predicted octanol–water partition coefficient (Wildman–Crippen LogP) is 1.67. The third kappa shape index (κ3) is 4.14. The minimum atomic E-state index is -0.128. The molecule has 0 aromatic carbocycles. The van der Waals surface area contributed by atoms with Gasteiger partial charge in [0.15, 0.2) is 10.9 Å². The average molecular weight is 348 g/mol. The number of carbonyl (C=O) groups is 2. The number of amides is 2. The van der Waals surface area contributed by atoms with Crippen LogP contribution >= 0.6 is 11.3 Å². The summed E-state index contributed by atoms with van der Waals surface area (Å²) in [6.07, 6.45) is 4.16. The van der Waals surface area contributed by atoms with Crippen molar-refractivity contribution in [2.75, 3.05) is 18.8 Å². The van der Waals surface area contributed by atoms with E-state index in [4.69, 9.17) is 10.2 Å². The number of anilines is 1.